The lowest BCUT2D eigenvalue weighted by Gasteiger charge is -2.35. The first kappa shape index (κ1) is 17.4. The van der Waals surface area contributed by atoms with E-state index in [1.165, 1.54) is 0 Å². The fourth-order valence-electron chi connectivity index (χ4n) is 2.10. The molecule has 18 heavy (non-hydrogen) atoms. The lowest BCUT2D eigenvalue weighted by Crippen LogP contribution is -2.38. The molecule has 0 aromatic carbocycles. The molecule has 0 aliphatic heterocycles. The maximum atomic E-state index is 12.2. The first-order valence-electron chi connectivity index (χ1n) is 6.80. The molecule has 3 nitrogen and oxygen atoms in total. The molecule has 0 heterocycles. The van der Waals surface area contributed by atoms with Gasteiger partial charge in [-0.25, -0.2) is 0 Å². The summed E-state index contributed by atoms with van der Waals surface area (Å²) in [6, 6.07) is 0. The predicted octanol–water partition coefficient (Wildman–Crippen LogP) is 3.54. The van der Waals surface area contributed by atoms with Crippen molar-refractivity contribution in [1.82, 2.24) is 0 Å². The number of carbonyl (C=O) groups is 1. The number of ether oxygens (including phenoxy) is 1. The Balaban J connectivity index is 4.67. The number of aliphatic hydroxyl groups is 1. The van der Waals surface area contributed by atoms with Gasteiger partial charge in [-0.3, -0.25) is 4.79 Å². The van der Waals surface area contributed by atoms with Gasteiger partial charge in [-0.15, -0.1) is 0 Å². The topological polar surface area (TPSA) is 46.5 Å². The van der Waals surface area contributed by atoms with E-state index in [-0.39, 0.29) is 18.0 Å². The normalized spacial score (nSPS) is 13.6. The zero-order valence-electron chi connectivity index (χ0n) is 13.1. The van der Waals surface area contributed by atoms with Crippen LogP contribution in [-0.4, -0.2) is 23.3 Å². The molecule has 0 rings (SSSR count). The van der Waals surface area contributed by atoms with E-state index >= 15 is 0 Å². The van der Waals surface area contributed by atoms with Crippen LogP contribution in [0.4, 0.5) is 0 Å². The van der Waals surface area contributed by atoms with Crippen molar-refractivity contribution in [3.8, 4) is 0 Å². The van der Waals surface area contributed by atoms with E-state index < -0.39 is 11.0 Å². The largest absolute Gasteiger partial charge is 0.459 e. The van der Waals surface area contributed by atoms with Crippen LogP contribution in [0.25, 0.3) is 0 Å². The van der Waals surface area contributed by atoms with Gasteiger partial charge in [0.2, 0.25) is 0 Å². The molecular weight excluding hydrogens is 228 g/mol. The summed E-state index contributed by atoms with van der Waals surface area (Å²) < 4.78 is 5.53. The maximum Gasteiger partial charge on any atom is 0.312 e. The van der Waals surface area contributed by atoms with Crippen LogP contribution >= 0.6 is 0 Å². The minimum Gasteiger partial charge on any atom is -0.459 e. The molecule has 0 aliphatic rings. The Hall–Kier alpha value is -0.570. The van der Waals surface area contributed by atoms with Crippen molar-refractivity contribution in [1.29, 1.82) is 0 Å². The van der Waals surface area contributed by atoms with Crippen molar-refractivity contribution in [2.45, 2.75) is 73.3 Å². The maximum absolute atomic E-state index is 12.2. The monoisotopic (exact) mass is 258 g/mol. The molecule has 0 aromatic rings. The third-order valence-corrected chi connectivity index (χ3v) is 3.51. The molecular formula is C15H30O3. The van der Waals surface area contributed by atoms with Crippen molar-refractivity contribution in [2.75, 3.05) is 6.61 Å². The molecule has 0 spiro atoms. The van der Waals surface area contributed by atoms with E-state index in [0.717, 1.165) is 12.8 Å². The summed E-state index contributed by atoms with van der Waals surface area (Å²) in [5.74, 6) is -0.178. The van der Waals surface area contributed by atoms with Gasteiger partial charge in [0.1, 0.15) is 5.60 Å². The van der Waals surface area contributed by atoms with Gasteiger partial charge in [0.15, 0.2) is 0 Å². The van der Waals surface area contributed by atoms with Crippen molar-refractivity contribution < 1.29 is 14.6 Å². The minimum absolute atomic E-state index is 0.0289. The minimum atomic E-state index is -0.598. The number of aliphatic hydroxyl groups excluding tert-OH is 1. The molecule has 0 unspecified atom stereocenters. The second-order valence-corrected chi connectivity index (χ2v) is 7.20. The van der Waals surface area contributed by atoms with Crippen molar-refractivity contribution in [3.05, 3.63) is 0 Å². The molecule has 0 bridgehead atoms. The third-order valence-electron chi connectivity index (χ3n) is 3.51. The Morgan fingerprint density at radius 1 is 1.11 bits per heavy atom. The highest BCUT2D eigenvalue weighted by molar-refractivity contribution is 5.76. The second kappa shape index (κ2) is 6.05. The van der Waals surface area contributed by atoms with Gasteiger partial charge in [-0.05, 0) is 39.5 Å². The predicted molar refractivity (Wildman–Crippen MR) is 74.3 cm³/mol. The number of hydrogen-bond donors (Lipinski definition) is 1. The van der Waals surface area contributed by atoms with Gasteiger partial charge < -0.3 is 9.84 Å². The molecule has 0 saturated carbocycles. The van der Waals surface area contributed by atoms with Crippen molar-refractivity contribution >= 4 is 5.97 Å². The van der Waals surface area contributed by atoms with E-state index in [9.17, 15) is 4.79 Å². The lowest BCUT2D eigenvalue weighted by atomic mass is 9.73. The highest BCUT2D eigenvalue weighted by Crippen LogP contribution is 2.37. The number of hydrogen-bond acceptors (Lipinski definition) is 3. The summed E-state index contributed by atoms with van der Waals surface area (Å²) in [6.45, 7) is 14.0. The van der Waals surface area contributed by atoms with E-state index in [2.05, 4.69) is 20.8 Å². The molecule has 108 valence electrons. The fourth-order valence-corrected chi connectivity index (χ4v) is 2.10. The van der Waals surface area contributed by atoms with E-state index in [1.807, 2.05) is 27.7 Å². The van der Waals surface area contributed by atoms with Crippen LogP contribution in [0.3, 0.4) is 0 Å². The van der Waals surface area contributed by atoms with Gasteiger partial charge in [-0.1, -0.05) is 27.2 Å². The van der Waals surface area contributed by atoms with Crippen LogP contribution < -0.4 is 0 Å². The molecule has 0 fully saturated rings. The summed E-state index contributed by atoms with van der Waals surface area (Å²) in [5.41, 5.74) is -0.963. The molecule has 0 aliphatic carbocycles. The van der Waals surface area contributed by atoms with E-state index in [0.29, 0.717) is 6.42 Å². The standard InChI is InChI=1S/C15H30O3/c1-8-13(2,3)11-14(4,5)12(17)18-15(6,7)9-10-16/h16H,8-11H2,1-7H3. The van der Waals surface area contributed by atoms with Gasteiger partial charge in [0.05, 0.1) is 5.41 Å². The Labute approximate surface area is 112 Å². The Morgan fingerprint density at radius 3 is 2.00 bits per heavy atom. The SMILES string of the molecule is CCC(C)(C)CC(C)(C)C(=O)OC(C)(C)CCO. The van der Waals surface area contributed by atoms with Crippen molar-refractivity contribution in [3.63, 3.8) is 0 Å². The number of carbonyl (C=O) groups excluding carboxylic acids is 1. The first-order valence-corrected chi connectivity index (χ1v) is 6.80. The highest BCUT2D eigenvalue weighted by atomic mass is 16.6. The zero-order chi connectivity index (χ0) is 14.6. The smallest absolute Gasteiger partial charge is 0.312 e. The average molecular weight is 258 g/mol. The Kier molecular flexibility index (Phi) is 5.86. The van der Waals surface area contributed by atoms with E-state index in [1.54, 1.807) is 0 Å². The zero-order valence-corrected chi connectivity index (χ0v) is 13.1. The quantitative estimate of drug-likeness (QED) is 0.710. The van der Waals surface area contributed by atoms with Crippen molar-refractivity contribution in [2.24, 2.45) is 10.8 Å². The summed E-state index contributed by atoms with van der Waals surface area (Å²) in [4.78, 5) is 12.2. The van der Waals surface area contributed by atoms with Gasteiger partial charge in [0.25, 0.3) is 0 Å². The molecule has 3 heteroatoms. The number of rotatable bonds is 7. The second-order valence-electron chi connectivity index (χ2n) is 7.20. The van der Waals surface area contributed by atoms with Gasteiger partial charge in [0, 0.05) is 13.0 Å². The average Bonchev–Trinajstić information content (AvgIpc) is 2.15. The summed E-state index contributed by atoms with van der Waals surface area (Å²) in [6.07, 6.45) is 2.29. The van der Waals surface area contributed by atoms with Crippen LogP contribution in [0.5, 0.6) is 0 Å². The molecule has 0 aromatic heterocycles. The number of esters is 1. The van der Waals surface area contributed by atoms with Crippen LogP contribution in [0.1, 0.15) is 67.7 Å². The summed E-state index contributed by atoms with van der Waals surface area (Å²) in [5, 5.41) is 8.95. The van der Waals surface area contributed by atoms with Crippen LogP contribution in [0, 0.1) is 10.8 Å². The molecule has 1 N–H and O–H groups in total. The first-order chi connectivity index (χ1) is 7.96. The lowest BCUT2D eigenvalue weighted by molar-refractivity contribution is -0.170. The third kappa shape index (κ3) is 5.85. The Bertz CT molecular complexity index is 277. The van der Waals surface area contributed by atoms with Crippen LogP contribution in [0.15, 0.2) is 0 Å². The van der Waals surface area contributed by atoms with E-state index in [4.69, 9.17) is 9.84 Å². The van der Waals surface area contributed by atoms with Crippen LogP contribution in [-0.2, 0) is 9.53 Å². The Morgan fingerprint density at radius 2 is 1.61 bits per heavy atom. The van der Waals surface area contributed by atoms with Gasteiger partial charge >= 0.3 is 5.97 Å². The molecule has 0 saturated heterocycles. The summed E-state index contributed by atoms with van der Waals surface area (Å²) >= 11 is 0. The molecule has 0 radical (unpaired) electrons. The summed E-state index contributed by atoms with van der Waals surface area (Å²) in [7, 11) is 0. The van der Waals surface area contributed by atoms with Gasteiger partial charge in [-0.2, -0.15) is 0 Å². The highest BCUT2D eigenvalue weighted by Gasteiger charge is 2.37. The molecule has 0 amide bonds. The van der Waals surface area contributed by atoms with Crippen LogP contribution in [0.2, 0.25) is 0 Å². The molecule has 0 atom stereocenters. The fraction of sp³-hybridized carbons (Fsp3) is 0.933.